The van der Waals surface area contributed by atoms with Crippen LogP contribution in [0.15, 0.2) is 103 Å². The summed E-state index contributed by atoms with van der Waals surface area (Å²) < 4.78 is 0. The van der Waals surface area contributed by atoms with E-state index in [0.29, 0.717) is 0 Å². The van der Waals surface area contributed by atoms with E-state index in [0.717, 1.165) is 21.1 Å². The molecule has 1 nitrogen and oxygen atoms in total. The molecule has 0 aliphatic heterocycles. The van der Waals surface area contributed by atoms with Crippen molar-refractivity contribution in [2.24, 2.45) is 0 Å². The average molecular weight is 533 g/mol. The van der Waals surface area contributed by atoms with Crippen LogP contribution in [0, 0.1) is 0 Å². The molecule has 202 valence electrons. The largest absolute Gasteiger partial charge is 0.299 e. The molecule has 0 aromatic heterocycles. The number of hydrogen-bond acceptors (Lipinski definition) is 1. The van der Waals surface area contributed by atoms with Gasteiger partial charge in [-0.05, 0) is 48.5 Å². The van der Waals surface area contributed by atoms with Gasteiger partial charge in [0.2, 0.25) is 8.07 Å². The molecule has 39 heavy (non-hydrogen) atoms. The minimum atomic E-state index is -3.15. The lowest BCUT2D eigenvalue weighted by molar-refractivity contribution is 0.107. The molecule has 0 aliphatic carbocycles. The molecule has 0 amide bonds. The van der Waals surface area contributed by atoms with Gasteiger partial charge in [-0.15, -0.1) is 0 Å². The number of carbonyl (C=O) groups excluding carboxylic acids is 1. The van der Waals surface area contributed by atoms with E-state index in [1.165, 1.54) is 16.7 Å². The molecule has 0 bridgehead atoms. The Morgan fingerprint density at radius 3 is 0.974 bits per heavy atom. The molecular weight excluding hydrogens is 488 g/mol. The zero-order valence-corrected chi connectivity index (χ0v) is 26.2. The molecule has 0 atom stereocenters. The first kappa shape index (κ1) is 28.8. The maximum atomic E-state index is 15.0. The first-order chi connectivity index (χ1) is 18.1. The van der Waals surface area contributed by atoms with E-state index in [-0.39, 0.29) is 21.7 Å². The van der Waals surface area contributed by atoms with E-state index in [2.05, 4.69) is 135 Å². The molecule has 0 unspecified atom stereocenters. The predicted molar refractivity (Wildman–Crippen MR) is 171 cm³/mol. The fraction of sp³-hybridized carbons (Fsp3) is 0.324. The van der Waals surface area contributed by atoms with Crippen LogP contribution >= 0.6 is 0 Å². The monoisotopic (exact) mass is 532 g/mol. The van der Waals surface area contributed by atoms with Crippen molar-refractivity contribution in [3.63, 3.8) is 0 Å². The summed E-state index contributed by atoms with van der Waals surface area (Å²) in [4.78, 5) is 15.0. The highest BCUT2D eigenvalue weighted by molar-refractivity contribution is 7.31. The Morgan fingerprint density at radius 1 is 0.436 bits per heavy atom. The zero-order chi connectivity index (χ0) is 28.6. The van der Waals surface area contributed by atoms with Crippen LogP contribution in [-0.2, 0) is 16.2 Å². The number of benzene rings is 4. The lowest BCUT2D eigenvalue weighted by Crippen LogP contribution is -2.72. The van der Waals surface area contributed by atoms with Crippen LogP contribution in [0.3, 0.4) is 0 Å². The molecule has 0 heterocycles. The second kappa shape index (κ2) is 10.4. The first-order valence-electron chi connectivity index (χ1n) is 14.1. The van der Waals surface area contributed by atoms with E-state index in [9.17, 15) is 4.79 Å². The molecule has 0 fully saturated rings. The Kier molecular flexibility index (Phi) is 7.66. The topological polar surface area (TPSA) is 17.1 Å². The van der Waals surface area contributed by atoms with Gasteiger partial charge in [0, 0.05) is 5.56 Å². The summed E-state index contributed by atoms with van der Waals surface area (Å²) in [6.07, 6.45) is 0. The summed E-state index contributed by atoms with van der Waals surface area (Å²) in [6.45, 7) is 20.1. The fourth-order valence-electron chi connectivity index (χ4n) is 5.36. The smallest absolute Gasteiger partial charge is 0.230 e. The van der Waals surface area contributed by atoms with Gasteiger partial charge in [-0.1, -0.05) is 165 Å². The minimum Gasteiger partial charge on any atom is -0.299 e. The van der Waals surface area contributed by atoms with Crippen LogP contribution in [0.25, 0.3) is 0 Å². The molecule has 0 saturated carbocycles. The van der Waals surface area contributed by atoms with Gasteiger partial charge >= 0.3 is 0 Å². The van der Waals surface area contributed by atoms with Gasteiger partial charge in [0.05, 0.1) is 0 Å². The van der Waals surface area contributed by atoms with Crippen molar-refractivity contribution < 1.29 is 4.79 Å². The van der Waals surface area contributed by atoms with Crippen LogP contribution < -0.4 is 15.6 Å². The van der Waals surface area contributed by atoms with Gasteiger partial charge in [0.25, 0.3) is 0 Å². The zero-order valence-electron chi connectivity index (χ0n) is 25.2. The summed E-state index contributed by atoms with van der Waals surface area (Å²) in [5.41, 5.74) is 4.69. The Bertz CT molecular complexity index is 1270. The summed E-state index contributed by atoms with van der Waals surface area (Å²) >= 11 is 0. The van der Waals surface area contributed by atoms with Crippen LogP contribution in [0.1, 0.15) is 89.4 Å². The van der Waals surface area contributed by atoms with Crippen molar-refractivity contribution in [1.82, 2.24) is 0 Å². The second-order valence-electron chi connectivity index (χ2n) is 13.9. The lowest BCUT2D eigenvalue weighted by atomic mass is 9.87. The Morgan fingerprint density at radius 2 is 0.718 bits per heavy atom. The van der Waals surface area contributed by atoms with Crippen LogP contribution in [0.5, 0.6) is 0 Å². The molecule has 4 aromatic carbocycles. The molecule has 0 radical (unpaired) electrons. The minimum absolute atomic E-state index is 0.0366. The van der Waals surface area contributed by atoms with Gasteiger partial charge in [0.1, 0.15) is 0 Å². The summed E-state index contributed by atoms with van der Waals surface area (Å²) in [7, 11) is -3.15. The van der Waals surface area contributed by atoms with Crippen molar-refractivity contribution in [2.75, 3.05) is 0 Å². The normalized spacial score (nSPS) is 12.8. The van der Waals surface area contributed by atoms with E-state index >= 15 is 0 Å². The quantitative estimate of drug-likeness (QED) is 0.192. The van der Waals surface area contributed by atoms with Crippen molar-refractivity contribution in [3.8, 4) is 0 Å². The van der Waals surface area contributed by atoms with Crippen molar-refractivity contribution in [1.29, 1.82) is 0 Å². The third-order valence-electron chi connectivity index (χ3n) is 7.93. The number of hydrogen-bond donors (Lipinski definition) is 0. The van der Waals surface area contributed by atoms with Crippen LogP contribution in [0.4, 0.5) is 0 Å². The molecule has 4 rings (SSSR count). The summed E-state index contributed by atoms with van der Waals surface area (Å²) in [6, 6.07) is 36.6. The van der Waals surface area contributed by atoms with Crippen LogP contribution in [0.2, 0.25) is 0 Å². The SMILES string of the molecule is CC(C)(C)c1ccc([Si](C(=O)c2ccccc2)(c2ccc(C(C)(C)C)cc2)c2ccc(C(C)(C)C)cc2)cc1. The first-order valence-corrected chi connectivity index (χ1v) is 16.1. The molecular formula is C37H44OSi. The highest BCUT2D eigenvalue weighted by atomic mass is 28.3. The van der Waals surface area contributed by atoms with Gasteiger partial charge in [-0.25, -0.2) is 0 Å². The van der Waals surface area contributed by atoms with Gasteiger partial charge in [-0.2, -0.15) is 0 Å². The molecule has 4 aromatic rings. The van der Waals surface area contributed by atoms with E-state index in [1.807, 2.05) is 30.3 Å². The van der Waals surface area contributed by atoms with E-state index in [1.54, 1.807) is 0 Å². The summed E-state index contributed by atoms with van der Waals surface area (Å²) in [5.74, 6) is 0. The number of carbonyl (C=O) groups is 1. The van der Waals surface area contributed by atoms with Gasteiger partial charge in [0.15, 0.2) is 5.41 Å². The Labute approximate surface area is 237 Å². The molecule has 2 heteroatoms. The Hall–Kier alpha value is -3.23. The lowest BCUT2D eigenvalue weighted by Gasteiger charge is -2.34. The van der Waals surface area contributed by atoms with Crippen LogP contribution in [-0.4, -0.2) is 13.5 Å². The molecule has 0 aliphatic rings. The fourth-order valence-corrected chi connectivity index (χ4v) is 9.75. The summed E-state index contributed by atoms with van der Waals surface area (Å²) in [5, 5.41) is 3.59. The third kappa shape index (κ3) is 5.72. The van der Waals surface area contributed by atoms with Crippen molar-refractivity contribution in [2.45, 2.75) is 78.6 Å². The second-order valence-corrected chi connectivity index (χ2v) is 17.6. The maximum Gasteiger partial charge on any atom is 0.230 e. The van der Waals surface area contributed by atoms with Gasteiger partial charge in [-0.3, -0.25) is 4.79 Å². The highest BCUT2D eigenvalue weighted by Crippen LogP contribution is 2.26. The molecule has 0 N–H and O–H groups in total. The van der Waals surface area contributed by atoms with E-state index < -0.39 is 8.07 Å². The van der Waals surface area contributed by atoms with Crippen molar-refractivity contribution in [3.05, 3.63) is 125 Å². The number of rotatable bonds is 5. The molecule has 0 spiro atoms. The predicted octanol–water partition coefficient (Wildman–Crippen LogP) is 7.47. The standard InChI is InChI=1S/C37H44OSi/c1-35(2,3)28-15-21-31(22-16-28)39(34(38)27-13-11-10-12-14-27,32-23-17-29(18-24-32)36(4,5)6)33-25-19-30(20-26-33)37(7,8)9/h10-26H,1-9H3. The van der Waals surface area contributed by atoms with Gasteiger partial charge < -0.3 is 0 Å². The maximum absolute atomic E-state index is 15.0. The van der Waals surface area contributed by atoms with Crippen molar-refractivity contribution >= 4 is 29.0 Å². The molecule has 0 saturated heterocycles. The third-order valence-corrected chi connectivity index (χ3v) is 12.5. The highest BCUT2D eigenvalue weighted by Gasteiger charge is 2.47. The van der Waals surface area contributed by atoms with E-state index in [4.69, 9.17) is 0 Å². The average Bonchev–Trinajstić information content (AvgIpc) is 2.89. The Balaban J connectivity index is 2.07.